The normalized spacial score (nSPS) is 16.9. The highest BCUT2D eigenvalue weighted by Crippen LogP contribution is 2.26. The molecule has 4 rings (SSSR count). The summed E-state index contributed by atoms with van der Waals surface area (Å²) in [6.07, 6.45) is 4.65. The van der Waals surface area contributed by atoms with Crippen LogP contribution in [0.2, 0.25) is 0 Å². The molecule has 31 heavy (non-hydrogen) atoms. The monoisotopic (exact) mass is 421 g/mol. The molecule has 0 unspecified atom stereocenters. The van der Waals surface area contributed by atoms with E-state index in [0.29, 0.717) is 47.4 Å². The first-order chi connectivity index (χ1) is 15.0. The van der Waals surface area contributed by atoms with Gasteiger partial charge in [0, 0.05) is 44.6 Å². The molecule has 0 spiro atoms. The Morgan fingerprint density at radius 2 is 2.13 bits per heavy atom. The van der Waals surface area contributed by atoms with Crippen molar-refractivity contribution in [2.75, 3.05) is 20.1 Å². The molecule has 3 aromatic rings. The molecule has 0 aromatic carbocycles. The van der Waals surface area contributed by atoms with Crippen LogP contribution in [0.4, 0.5) is 4.39 Å². The van der Waals surface area contributed by atoms with Crippen LogP contribution in [0, 0.1) is 0 Å². The van der Waals surface area contributed by atoms with Gasteiger partial charge < -0.3 is 10.3 Å². The summed E-state index contributed by atoms with van der Waals surface area (Å²) < 4.78 is 14.9. The highest BCUT2D eigenvalue weighted by molar-refractivity contribution is 5.92. The van der Waals surface area contributed by atoms with Gasteiger partial charge in [-0.2, -0.15) is 0 Å². The zero-order chi connectivity index (χ0) is 22.0. The molecule has 3 aromatic heterocycles. The van der Waals surface area contributed by atoms with Crippen molar-refractivity contribution in [3.05, 3.63) is 75.5 Å². The number of amides is 1. The Morgan fingerprint density at radius 3 is 2.81 bits per heavy atom. The number of aryl methyl sites for hydroxylation is 1. The molecule has 0 aliphatic carbocycles. The fraction of sp³-hybridized carbons (Fsp3) is 0.304. The van der Waals surface area contributed by atoms with Gasteiger partial charge in [0.05, 0.1) is 11.0 Å². The largest absolute Gasteiger partial charge is 0.354 e. The number of nitrogens with zero attached hydrogens (tertiary/aromatic N) is 3. The number of carbonyl (C=O) groups excluding carboxylic acids is 1. The molecule has 1 aliphatic rings. The predicted molar refractivity (Wildman–Crippen MR) is 118 cm³/mol. The van der Waals surface area contributed by atoms with Crippen molar-refractivity contribution in [2.45, 2.75) is 26.1 Å². The van der Waals surface area contributed by atoms with E-state index in [0.717, 1.165) is 11.1 Å². The van der Waals surface area contributed by atoms with E-state index < -0.39 is 6.17 Å². The SMILES string of the molecule is CCc1cc2ncc(CN3CC=C(c4ccc(C(=O)NC)nc4)[C@@H](F)C3)cc2[nH]c1=O. The summed E-state index contributed by atoms with van der Waals surface area (Å²) in [6.45, 7) is 3.28. The van der Waals surface area contributed by atoms with E-state index >= 15 is 0 Å². The lowest BCUT2D eigenvalue weighted by Crippen LogP contribution is -2.35. The summed E-state index contributed by atoms with van der Waals surface area (Å²) in [4.78, 5) is 37.2. The van der Waals surface area contributed by atoms with Gasteiger partial charge in [-0.15, -0.1) is 0 Å². The summed E-state index contributed by atoms with van der Waals surface area (Å²) >= 11 is 0. The molecule has 7 nitrogen and oxygen atoms in total. The maximum Gasteiger partial charge on any atom is 0.269 e. The number of aromatic amines is 1. The maximum absolute atomic E-state index is 14.9. The Bertz CT molecular complexity index is 1200. The van der Waals surface area contributed by atoms with Crippen LogP contribution in [0.25, 0.3) is 16.6 Å². The van der Waals surface area contributed by atoms with Crippen molar-refractivity contribution >= 4 is 22.5 Å². The number of pyridine rings is 3. The smallest absolute Gasteiger partial charge is 0.269 e. The molecule has 4 heterocycles. The Kier molecular flexibility index (Phi) is 5.90. The Balaban J connectivity index is 1.48. The van der Waals surface area contributed by atoms with Crippen LogP contribution in [0.15, 0.2) is 47.5 Å². The topological polar surface area (TPSA) is 91.0 Å². The van der Waals surface area contributed by atoms with Crippen molar-refractivity contribution in [2.24, 2.45) is 0 Å². The van der Waals surface area contributed by atoms with E-state index in [9.17, 15) is 14.0 Å². The maximum atomic E-state index is 14.9. The number of halogens is 1. The van der Waals surface area contributed by atoms with Crippen LogP contribution in [0.1, 0.15) is 34.1 Å². The highest BCUT2D eigenvalue weighted by Gasteiger charge is 2.24. The van der Waals surface area contributed by atoms with Gasteiger partial charge in [0.15, 0.2) is 0 Å². The van der Waals surface area contributed by atoms with Crippen LogP contribution >= 0.6 is 0 Å². The van der Waals surface area contributed by atoms with Gasteiger partial charge in [0.1, 0.15) is 11.9 Å². The van der Waals surface area contributed by atoms with E-state index in [1.807, 2.05) is 30.0 Å². The zero-order valence-electron chi connectivity index (χ0n) is 17.5. The van der Waals surface area contributed by atoms with Gasteiger partial charge in [-0.25, -0.2) is 4.39 Å². The molecule has 0 saturated carbocycles. The van der Waals surface area contributed by atoms with E-state index in [-0.39, 0.29) is 18.0 Å². The van der Waals surface area contributed by atoms with Crippen molar-refractivity contribution in [3.63, 3.8) is 0 Å². The number of hydrogen-bond donors (Lipinski definition) is 2. The second-order valence-electron chi connectivity index (χ2n) is 7.59. The van der Waals surface area contributed by atoms with E-state index in [1.165, 1.54) is 6.20 Å². The van der Waals surface area contributed by atoms with Gasteiger partial charge in [-0.3, -0.25) is 24.5 Å². The summed E-state index contributed by atoms with van der Waals surface area (Å²) in [6, 6.07) is 7.03. The number of aromatic nitrogens is 3. The molecule has 0 saturated heterocycles. The summed E-state index contributed by atoms with van der Waals surface area (Å²) in [7, 11) is 1.54. The molecular weight excluding hydrogens is 397 g/mol. The summed E-state index contributed by atoms with van der Waals surface area (Å²) in [5.74, 6) is -0.275. The molecular formula is C23H24FN5O2. The molecule has 1 atom stereocenters. The van der Waals surface area contributed by atoms with Crippen LogP contribution in [-0.4, -0.2) is 52.1 Å². The zero-order valence-corrected chi connectivity index (χ0v) is 17.5. The lowest BCUT2D eigenvalue weighted by Gasteiger charge is -2.29. The van der Waals surface area contributed by atoms with Gasteiger partial charge in [0.25, 0.3) is 11.5 Å². The third kappa shape index (κ3) is 4.39. The minimum atomic E-state index is -1.17. The average Bonchev–Trinajstić information content (AvgIpc) is 2.78. The predicted octanol–water partition coefficient (Wildman–Crippen LogP) is 2.48. The highest BCUT2D eigenvalue weighted by atomic mass is 19.1. The third-order valence-corrected chi connectivity index (χ3v) is 5.49. The van der Waals surface area contributed by atoms with Crippen LogP contribution in [0.5, 0.6) is 0 Å². The second kappa shape index (κ2) is 8.77. The number of hydrogen-bond acceptors (Lipinski definition) is 5. The summed E-state index contributed by atoms with van der Waals surface area (Å²) in [5, 5.41) is 2.52. The third-order valence-electron chi connectivity index (χ3n) is 5.49. The Hall–Kier alpha value is -3.39. The Morgan fingerprint density at radius 1 is 1.29 bits per heavy atom. The first-order valence-electron chi connectivity index (χ1n) is 10.2. The molecule has 1 amide bonds. The van der Waals surface area contributed by atoms with E-state index in [2.05, 4.69) is 20.3 Å². The number of carbonyl (C=O) groups is 1. The number of H-pyrrole nitrogens is 1. The van der Waals surface area contributed by atoms with Crippen molar-refractivity contribution in [1.29, 1.82) is 0 Å². The number of fused-ring (bicyclic) bond motifs is 1. The molecule has 1 aliphatic heterocycles. The quantitative estimate of drug-likeness (QED) is 0.661. The van der Waals surface area contributed by atoms with Crippen molar-refractivity contribution in [3.8, 4) is 0 Å². The molecule has 160 valence electrons. The fourth-order valence-corrected chi connectivity index (χ4v) is 3.78. The van der Waals surface area contributed by atoms with Gasteiger partial charge in [-0.05, 0) is 41.3 Å². The lowest BCUT2D eigenvalue weighted by atomic mass is 9.98. The second-order valence-corrected chi connectivity index (χ2v) is 7.59. The number of rotatable bonds is 5. The summed E-state index contributed by atoms with van der Waals surface area (Å²) in [5.41, 5.74) is 4.51. The first kappa shape index (κ1) is 20.9. The minimum Gasteiger partial charge on any atom is -0.354 e. The Labute approximate surface area is 179 Å². The van der Waals surface area contributed by atoms with E-state index in [4.69, 9.17) is 0 Å². The first-order valence-corrected chi connectivity index (χ1v) is 10.2. The van der Waals surface area contributed by atoms with Gasteiger partial charge in [-0.1, -0.05) is 19.1 Å². The number of nitrogens with one attached hydrogen (secondary N) is 2. The molecule has 0 fully saturated rings. The van der Waals surface area contributed by atoms with Crippen LogP contribution < -0.4 is 10.9 Å². The van der Waals surface area contributed by atoms with Gasteiger partial charge in [0.2, 0.25) is 0 Å². The van der Waals surface area contributed by atoms with Crippen molar-refractivity contribution in [1.82, 2.24) is 25.2 Å². The molecule has 0 bridgehead atoms. The number of alkyl halides is 1. The standard InChI is InChI=1S/C23H24FN5O2/c1-3-15-9-20-21(28-22(15)30)8-14(10-26-20)12-29-7-6-17(18(24)13-29)16-4-5-19(27-11-16)23(31)25-2/h4-6,8-11,18H,3,7,12-13H2,1-2H3,(H,25,31)(H,28,30)/t18-/m0/s1. The van der Waals surface area contributed by atoms with Crippen molar-refractivity contribution < 1.29 is 9.18 Å². The molecule has 2 N–H and O–H groups in total. The van der Waals surface area contributed by atoms with E-state index in [1.54, 1.807) is 25.4 Å². The fourth-order valence-electron chi connectivity index (χ4n) is 3.78. The van der Waals surface area contributed by atoms with Crippen LogP contribution in [0.3, 0.4) is 0 Å². The average molecular weight is 421 g/mol. The lowest BCUT2D eigenvalue weighted by molar-refractivity contribution is 0.0958. The molecule has 8 heteroatoms. The van der Waals surface area contributed by atoms with Crippen LogP contribution in [-0.2, 0) is 13.0 Å². The molecule has 0 radical (unpaired) electrons. The minimum absolute atomic E-state index is 0.0978. The van der Waals surface area contributed by atoms with Gasteiger partial charge >= 0.3 is 0 Å².